The Labute approximate surface area is 112 Å². The molecule has 1 saturated carbocycles. The van der Waals surface area contributed by atoms with E-state index in [1.807, 2.05) is 17.1 Å². The third-order valence-electron chi connectivity index (χ3n) is 3.15. The summed E-state index contributed by atoms with van der Waals surface area (Å²) in [6.45, 7) is 4.60. The van der Waals surface area contributed by atoms with Crippen molar-refractivity contribution < 1.29 is 4.52 Å². The molecule has 0 spiro atoms. The van der Waals surface area contributed by atoms with Gasteiger partial charge in [0.1, 0.15) is 0 Å². The summed E-state index contributed by atoms with van der Waals surface area (Å²) in [5, 5.41) is 7.34. The zero-order valence-corrected chi connectivity index (χ0v) is 11.2. The molecule has 1 fully saturated rings. The molecule has 19 heavy (non-hydrogen) atoms. The van der Waals surface area contributed by atoms with Crippen LogP contribution < -0.4 is 5.32 Å². The van der Waals surface area contributed by atoms with Crippen LogP contribution in [0.2, 0.25) is 0 Å². The van der Waals surface area contributed by atoms with Crippen molar-refractivity contribution in [1.82, 2.24) is 25.0 Å². The Morgan fingerprint density at radius 1 is 1.47 bits per heavy atom. The van der Waals surface area contributed by atoms with Crippen molar-refractivity contribution in [3.8, 4) is 0 Å². The second kappa shape index (κ2) is 5.52. The summed E-state index contributed by atoms with van der Waals surface area (Å²) in [5.74, 6) is 2.03. The van der Waals surface area contributed by atoms with Gasteiger partial charge in [0, 0.05) is 18.7 Å². The summed E-state index contributed by atoms with van der Waals surface area (Å²) >= 11 is 0. The maximum absolute atomic E-state index is 5.24. The lowest BCUT2D eigenvalue weighted by Crippen LogP contribution is -2.13. The molecule has 0 aliphatic heterocycles. The second-order valence-corrected chi connectivity index (χ2v) is 5.04. The molecule has 0 saturated heterocycles. The van der Waals surface area contributed by atoms with Gasteiger partial charge in [-0.3, -0.25) is 0 Å². The third kappa shape index (κ3) is 3.20. The molecule has 1 N–H and O–H groups in total. The lowest BCUT2D eigenvalue weighted by molar-refractivity contribution is 0.373. The highest BCUT2D eigenvalue weighted by atomic mass is 16.5. The van der Waals surface area contributed by atoms with Crippen LogP contribution in [-0.2, 0) is 13.1 Å². The Morgan fingerprint density at radius 3 is 3.16 bits per heavy atom. The summed E-state index contributed by atoms with van der Waals surface area (Å²) < 4.78 is 7.23. The first-order valence-corrected chi connectivity index (χ1v) is 6.89. The molecule has 6 nitrogen and oxygen atoms in total. The van der Waals surface area contributed by atoms with Gasteiger partial charge in [-0.1, -0.05) is 12.1 Å². The fourth-order valence-electron chi connectivity index (χ4n) is 1.97. The van der Waals surface area contributed by atoms with Crippen LogP contribution in [0.25, 0.3) is 0 Å². The predicted molar refractivity (Wildman–Crippen MR) is 69.6 cm³/mol. The number of rotatable bonds is 7. The zero-order valence-electron chi connectivity index (χ0n) is 11.2. The summed E-state index contributed by atoms with van der Waals surface area (Å²) in [4.78, 5) is 8.76. The van der Waals surface area contributed by atoms with Crippen molar-refractivity contribution in [3.05, 3.63) is 29.9 Å². The largest absolute Gasteiger partial charge is 0.339 e. The first-order valence-electron chi connectivity index (χ1n) is 6.89. The van der Waals surface area contributed by atoms with E-state index in [0.717, 1.165) is 36.9 Å². The van der Waals surface area contributed by atoms with Crippen LogP contribution in [0, 0.1) is 0 Å². The van der Waals surface area contributed by atoms with E-state index >= 15 is 0 Å². The van der Waals surface area contributed by atoms with Gasteiger partial charge in [0.05, 0.1) is 18.6 Å². The minimum absolute atomic E-state index is 0.512. The molecule has 0 aromatic carbocycles. The van der Waals surface area contributed by atoms with E-state index in [0.29, 0.717) is 12.5 Å². The summed E-state index contributed by atoms with van der Waals surface area (Å²) in [7, 11) is 0. The topological polar surface area (TPSA) is 68.8 Å². The number of nitrogens with one attached hydrogen (secondary N) is 1. The Bertz CT molecular complexity index is 529. The summed E-state index contributed by atoms with van der Waals surface area (Å²) in [6.07, 6.45) is 7.33. The van der Waals surface area contributed by atoms with E-state index in [2.05, 4.69) is 27.4 Å². The minimum Gasteiger partial charge on any atom is -0.339 e. The van der Waals surface area contributed by atoms with Crippen LogP contribution in [0.4, 0.5) is 0 Å². The number of aromatic nitrogens is 4. The zero-order chi connectivity index (χ0) is 13.1. The molecule has 3 rings (SSSR count). The average molecular weight is 261 g/mol. The van der Waals surface area contributed by atoms with Gasteiger partial charge >= 0.3 is 0 Å². The van der Waals surface area contributed by atoms with Crippen LogP contribution in [0.15, 0.2) is 17.0 Å². The van der Waals surface area contributed by atoms with Crippen molar-refractivity contribution in [2.45, 2.75) is 45.2 Å². The van der Waals surface area contributed by atoms with Crippen molar-refractivity contribution >= 4 is 0 Å². The molecule has 1 aliphatic carbocycles. The van der Waals surface area contributed by atoms with E-state index in [9.17, 15) is 0 Å². The standard InChI is InChI=1S/C13H19N5O/c1-2-5-14-6-11-7-18(9-15-11)8-12-16-13(19-17-12)10-3-4-10/h7,9-10,14H,2-6,8H2,1H3. The molecular formula is C13H19N5O. The van der Waals surface area contributed by atoms with Crippen LogP contribution in [0.3, 0.4) is 0 Å². The summed E-state index contributed by atoms with van der Waals surface area (Å²) in [5.41, 5.74) is 1.04. The molecule has 102 valence electrons. The van der Waals surface area contributed by atoms with Gasteiger partial charge < -0.3 is 14.4 Å². The fourth-order valence-corrected chi connectivity index (χ4v) is 1.97. The third-order valence-corrected chi connectivity index (χ3v) is 3.15. The number of imidazole rings is 1. The number of hydrogen-bond acceptors (Lipinski definition) is 5. The van der Waals surface area contributed by atoms with Gasteiger partial charge in [0.25, 0.3) is 0 Å². The van der Waals surface area contributed by atoms with Gasteiger partial charge in [0.2, 0.25) is 5.89 Å². The van der Waals surface area contributed by atoms with Gasteiger partial charge in [-0.15, -0.1) is 0 Å². The highest BCUT2D eigenvalue weighted by Crippen LogP contribution is 2.38. The maximum Gasteiger partial charge on any atom is 0.229 e. The molecule has 6 heteroatoms. The van der Waals surface area contributed by atoms with Crippen LogP contribution in [0.5, 0.6) is 0 Å². The smallest absolute Gasteiger partial charge is 0.229 e. The van der Waals surface area contributed by atoms with Crippen LogP contribution in [0.1, 0.15) is 49.5 Å². The molecule has 0 radical (unpaired) electrons. The number of hydrogen-bond donors (Lipinski definition) is 1. The van der Waals surface area contributed by atoms with E-state index in [-0.39, 0.29) is 0 Å². The second-order valence-electron chi connectivity index (χ2n) is 5.04. The normalized spacial score (nSPS) is 15.0. The van der Waals surface area contributed by atoms with E-state index in [1.165, 1.54) is 12.8 Å². The van der Waals surface area contributed by atoms with Crippen molar-refractivity contribution in [2.24, 2.45) is 0 Å². The van der Waals surface area contributed by atoms with Gasteiger partial charge in [0.15, 0.2) is 5.82 Å². The molecule has 1 aliphatic rings. The van der Waals surface area contributed by atoms with E-state index < -0.39 is 0 Å². The van der Waals surface area contributed by atoms with E-state index in [1.54, 1.807) is 0 Å². The van der Waals surface area contributed by atoms with E-state index in [4.69, 9.17) is 4.52 Å². The predicted octanol–water partition coefficient (Wildman–Crippen LogP) is 1.69. The van der Waals surface area contributed by atoms with Crippen molar-refractivity contribution in [3.63, 3.8) is 0 Å². The quantitative estimate of drug-likeness (QED) is 0.768. The van der Waals surface area contributed by atoms with Crippen molar-refractivity contribution in [2.75, 3.05) is 6.54 Å². The molecular weight excluding hydrogens is 242 g/mol. The first kappa shape index (κ1) is 12.3. The van der Waals surface area contributed by atoms with Gasteiger partial charge in [-0.2, -0.15) is 4.98 Å². The minimum atomic E-state index is 0.512. The molecule has 0 atom stereocenters. The lowest BCUT2D eigenvalue weighted by Gasteiger charge is -1.98. The monoisotopic (exact) mass is 261 g/mol. The molecule has 0 amide bonds. The van der Waals surface area contributed by atoms with Gasteiger partial charge in [-0.25, -0.2) is 4.98 Å². The highest BCUT2D eigenvalue weighted by Gasteiger charge is 2.29. The molecule has 0 unspecified atom stereocenters. The first-order chi connectivity index (χ1) is 9.35. The SMILES string of the molecule is CCCNCc1cn(Cc2noc(C3CC3)n2)cn1. The lowest BCUT2D eigenvalue weighted by atomic mass is 10.4. The molecule has 2 aromatic heterocycles. The number of nitrogens with zero attached hydrogens (tertiary/aromatic N) is 4. The maximum atomic E-state index is 5.24. The molecule has 2 heterocycles. The highest BCUT2D eigenvalue weighted by molar-refractivity contribution is 5.03. The fraction of sp³-hybridized carbons (Fsp3) is 0.615. The summed E-state index contributed by atoms with van der Waals surface area (Å²) in [6, 6.07) is 0. The Kier molecular flexibility index (Phi) is 3.59. The van der Waals surface area contributed by atoms with Gasteiger partial charge in [-0.05, 0) is 25.8 Å². The Morgan fingerprint density at radius 2 is 2.37 bits per heavy atom. The van der Waals surface area contributed by atoms with Crippen LogP contribution >= 0.6 is 0 Å². The Hall–Kier alpha value is -1.69. The molecule has 0 bridgehead atoms. The molecule has 2 aromatic rings. The van der Waals surface area contributed by atoms with Crippen LogP contribution in [-0.4, -0.2) is 26.2 Å². The Balaban J connectivity index is 1.56. The average Bonchev–Trinajstić information content (AvgIpc) is 3.00. The van der Waals surface area contributed by atoms with Crippen molar-refractivity contribution in [1.29, 1.82) is 0 Å².